The van der Waals surface area contributed by atoms with Gasteiger partial charge in [-0.1, -0.05) is 49.7 Å². The van der Waals surface area contributed by atoms with Crippen LogP contribution in [0.1, 0.15) is 41.7 Å². The van der Waals surface area contributed by atoms with Crippen LogP contribution in [-0.2, 0) is 9.59 Å². The molecule has 2 aromatic carbocycles. The van der Waals surface area contributed by atoms with Crippen molar-refractivity contribution in [3.05, 3.63) is 69.9 Å². The number of amides is 2. The van der Waals surface area contributed by atoms with Gasteiger partial charge in [-0.2, -0.15) is 0 Å². The fraction of sp³-hybridized carbons (Fsp3) is 0.333. The molecule has 1 heterocycles. The molecule has 2 aromatic rings. The maximum Gasteiger partial charge on any atom is 0.278 e. The van der Waals surface area contributed by atoms with Crippen molar-refractivity contribution in [2.24, 2.45) is 5.92 Å². The summed E-state index contributed by atoms with van der Waals surface area (Å²) in [6.07, 6.45) is 0. The van der Waals surface area contributed by atoms with Crippen LogP contribution in [0, 0.1) is 33.6 Å². The van der Waals surface area contributed by atoms with Crippen LogP contribution in [0.15, 0.2) is 42.1 Å². The number of aryl methyl sites for hydroxylation is 4. The van der Waals surface area contributed by atoms with Crippen molar-refractivity contribution in [1.29, 1.82) is 0 Å². The lowest BCUT2D eigenvalue weighted by atomic mass is 9.99. The van der Waals surface area contributed by atoms with E-state index >= 15 is 0 Å². The van der Waals surface area contributed by atoms with Gasteiger partial charge in [-0.05, 0) is 61.9 Å². The Morgan fingerprint density at radius 2 is 1.57 bits per heavy atom. The summed E-state index contributed by atoms with van der Waals surface area (Å²) < 4.78 is 0. The number of anilines is 1. The lowest BCUT2D eigenvalue weighted by Gasteiger charge is -2.17. The van der Waals surface area contributed by atoms with Gasteiger partial charge in [-0.3, -0.25) is 14.5 Å². The van der Waals surface area contributed by atoms with Crippen molar-refractivity contribution in [3.63, 3.8) is 0 Å². The fourth-order valence-corrected chi connectivity index (χ4v) is 3.48. The van der Waals surface area contributed by atoms with Crippen LogP contribution < -0.4 is 5.32 Å². The summed E-state index contributed by atoms with van der Waals surface area (Å²) in [4.78, 5) is 27.7. The Morgan fingerprint density at radius 3 is 2.18 bits per heavy atom. The Kier molecular flexibility index (Phi) is 5.41. The fourth-order valence-electron chi connectivity index (χ4n) is 3.48. The smallest absolute Gasteiger partial charge is 0.278 e. The number of imide groups is 1. The summed E-state index contributed by atoms with van der Waals surface area (Å²) in [7, 11) is 0. The maximum atomic E-state index is 13.2. The molecule has 2 amide bonds. The highest BCUT2D eigenvalue weighted by molar-refractivity contribution is 6.36. The van der Waals surface area contributed by atoms with Crippen LogP contribution in [0.2, 0.25) is 0 Å². The van der Waals surface area contributed by atoms with Gasteiger partial charge in [-0.25, -0.2) is 0 Å². The minimum atomic E-state index is -0.257. The van der Waals surface area contributed by atoms with Gasteiger partial charge in [0.2, 0.25) is 0 Å². The number of nitrogens with one attached hydrogen (secondary N) is 1. The van der Waals surface area contributed by atoms with Gasteiger partial charge in [0.1, 0.15) is 5.70 Å². The van der Waals surface area contributed by atoms with Crippen molar-refractivity contribution in [2.45, 2.75) is 41.5 Å². The minimum absolute atomic E-state index is 0.203. The van der Waals surface area contributed by atoms with Gasteiger partial charge in [0.15, 0.2) is 0 Å². The first-order valence-electron chi connectivity index (χ1n) is 9.71. The molecule has 0 aromatic heterocycles. The molecule has 0 fully saturated rings. The highest BCUT2D eigenvalue weighted by Gasteiger charge is 2.39. The van der Waals surface area contributed by atoms with Gasteiger partial charge >= 0.3 is 0 Å². The van der Waals surface area contributed by atoms with Crippen LogP contribution in [0.4, 0.5) is 5.69 Å². The molecule has 0 saturated carbocycles. The number of hydrogen-bond acceptors (Lipinski definition) is 3. The largest absolute Gasteiger partial charge is 0.350 e. The lowest BCUT2D eigenvalue weighted by molar-refractivity contribution is -0.137. The number of rotatable bonds is 5. The van der Waals surface area contributed by atoms with Crippen LogP contribution >= 0.6 is 0 Å². The highest BCUT2D eigenvalue weighted by Crippen LogP contribution is 2.32. The zero-order valence-electron chi connectivity index (χ0n) is 17.5. The molecule has 0 saturated heterocycles. The third-order valence-corrected chi connectivity index (χ3v) is 5.15. The van der Waals surface area contributed by atoms with Gasteiger partial charge in [0.05, 0.1) is 5.57 Å². The molecule has 0 radical (unpaired) electrons. The first kappa shape index (κ1) is 19.9. The molecule has 4 heteroatoms. The van der Waals surface area contributed by atoms with Crippen molar-refractivity contribution >= 4 is 23.1 Å². The van der Waals surface area contributed by atoms with E-state index in [1.165, 1.54) is 4.90 Å². The van der Waals surface area contributed by atoms with Gasteiger partial charge in [0.25, 0.3) is 11.8 Å². The molecule has 0 unspecified atom stereocenters. The second-order valence-corrected chi connectivity index (χ2v) is 8.11. The summed E-state index contributed by atoms with van der Waals surface area (Å²) in [5.74, 6) is -0.282. The van der Waals surface area contributed by atoms with Crippen molar-refractivity contribution < 1.29 is 9.59 Å². The number of benzene rings is 2. The van der Waals surface area contributed by atoms with Gasteiger partial charge in [0, 0.05) is 12.2 Å². The van der Waals surface area contributed by atoms with E-state index < -0.39 is 0 Å². The number of nitrogens with zero attached hydrogens (tertiary/aromatic N) is 1. The van der Waals surface area contributed by atoms with E-state index in [1.54, 1.807) is 0 Å². The molecule has 1 aliphatic heterocycles. The minimum Gasteiger partial charge on any atom is -0.350 e. The summed E-state index contributed by atoms with van der Waals surface area (Å²) >= 11 is 0. The molecule has 1 N–H and O–H groups in total. The molecule has 0 spiro atoms. The maximum absolute atomic E-state index is 13.2. The van der Waals surface area contributed by atoms with Crippen molar-refractivity contribution in [2.75, 3.05) is 11.9 Å². The zero-order valence-corrected chi connectivity index (χ0v) is 17.5. The van der Waals surface area contributed by atoms with Crippen LogP contribution in [0.3, 0.4) is 0 Å². The third-order valence-electron chi connectivity index (χ3n) is 5.15. The highest BCUT2D eigenvalue weighted by atomic mass is 16.2. The van der Waals surface area contributed by atoms with E-state index in [1.807, 2.05) is 71.9 Å². The Labute approximate surface area is 167 Å². The topological polar surface area (TPSA) is 49.4 Å². The molecule has 0 aliphatic carbocycles. The monoisotopic (exact) mass is 376 g/mol. The molecule has 0 atom stereocenters. The molecule has 1 aliphatic rings. The third kappa shape index (κ3) is 3.72. The predicted octanol–water partition coefficient (Wildman–Crippen LogP) is 4.77. The summed E-state index contributed by atoms with van der Waals surface area (Å²) in [6.45, 7) is 12.5. The average Bonchev–Trinajstić information content (AvgIpc) is 2.84. The van der Waals surface area contributed by atoms with E-state index in [4.69, 9.17) is 0 Å². The SMILES string of the molecule is Cc1ccc(NC2=C(c3ccc(C)c(C)c3)C(=O)N(CC(C)C)C2=O)c(C)c1. The quantitative estimate of drug-likeness (QED) is 0.765. The van der Waals surface area contributed by atoms with Crippen LogP contribution in [0.5, 0.6) is 0 Å². The summed E-state index contributed by atoms with van der Waals surface area (Å²) in [5.41, 5.74) is 6.88. The first-order valence-corrected chi connectivity index (χ1v) is 9.71. The average molecular weight is 377 g/mol. The van der Waals surface area contributed by atoms with E-state index in [9.17, 15) is 9.59 Å². The molecular formula is C24H28N2O2. The number of carbonyl (C=O) groups is 2. The molecule has 0 bridgehead atoms. The summed E-state index contributed by atoms with van der Waals surface area (Å²) in [6, 6.07) is 11.9. The zero-order chi connectivity index (χ0) is 20.6. The normalized spacial score (nSPS) is 14.5. The predicted molar refractivity (Wildman–Crippen MR) is 114 cm³/mol. The van der Waals surface area contributed by atoms with Crippen molar-refractivity contribution in [1.82, 2.24) is 4.90 Å². The molecule has 4 nitrogen and oxygen atoms in total. The lowest BCUT2D eigenvalue weighted by Crippen LogP contribution is -2.35. The number of carbonyl (C=O) groups excluding carboxylic acids is 2. The van der Waals surface area contributed by atoms with E-state index in [2.05, 4.69) is 11.4 Å². The number of hydrogen-bond donors (Lipinski definition) is 1. The first-order chi connectivity index (χ1) is 13.2. The van der Waals surface area contributed by atoms with E-state index in [0.717, 1.165) is 33.5 Å². The van der Waals surface area contributed by atoms with Gasteiger partial charge < -0.3 is 5.32 Å². The standard InChI is InChI=1S/C24H28N2O2/c1-14(2)13-26-23(27)21(19-9-8-16(4)17(5)12-19)22(24(26)28)25-20-10-7-15(3)11-18(20)6/h7-12,14,25H,13H2,1-6H3. The Balaban J connectivity index is 2.12. The Bertz CT molecular complexity index is 986. The van der Waals surface area contributed by atoms with Crippen LogP contribution in [-0.4, -0.2) is 23.3 Å². The van der Waals surface area contributed by atoms with E-state index in [0.29, 0.717) is 17.8 Å². The van der Waals surface area contributed by atoms with Gasteiger partial charge in [-0.15, -0.1) is 0 Å². The molecule has 28 heavy (non-hydrogen) atoms. The molecular weight excluding hydrogens is 348 g/mol. The second-order valence-electron chi connectivity index (χ2n) is 8.11. The Hall–Kier alpha value is -2.88. The Morgan fingerprint density at radius 1 is 0.857 bits per heavy atom. The van der Waals surface area contributed by atoms with Crippen LogP contribution in [0.25, 0.3) is 5.57 Å². The molecule has 146 valence electrons. The molecule has 3 rings (SSSR count). The van der Waals surface area contributed by atoms with Crippen molar-refractivity contribution in [3.8, 4) is 0 Å². The van der Waals surface area contributed by atoms with E-state index in [-0.39, 0.29) is 17.7 Å². The summed E-state index contributed by atoms with van der Waals surface area (Å²) in [5, 5.41) is 3.27. The second kappa shape index (κ2) is 7.63.